The van der Waals surface area contributed by atoms with Crippen molar-refractivity contribution in [2.24, 2.45) is 0 Å². The van der Waals surface area contributed by atoms with Crippen LogP contribution in [0.25, 0.3) is 0 Å². The van der Waals surface area contributed by atoms with Crippen LogP contribution >= 0.6 is 0 Å². The zero-order valence-corrected chi connectivity index (χ0v) is 12.0. The highest BCUT2D eigenvalue weighted by Crippen LogP contribution is 2.31. The van der Waals surface area contributed by atoms with Gasteiger partial charge in [-0.3, -0.25) is 0 Å². The van der Waals surface area contributed by atoms with Crippen LogP contribution in [0.15, 0.2) is 24.3 Å². The number of hydrogen-bond acceptors (Lipinski definition) is 2. The summed E-state index contributed by atoms with van der Waals surface area (Å²) >= 11 is 0. The normalized spacial score (nSPS) is 28.1. The second-order valence-electron chi connectivity index (χ2n) is 6.24. The summed E-state index contributed by atoms with van der Waals surface area (Å²) in [5.74, 6) is 0. The molecule has 1 aromatic carbocycles. The molecule has 1 aliphatic heterocycles. The maximum absolute atomic E-state index is 3.84. The molecule has 3 unspecified atom stereocenters. The number of rotatable bonds is 4. The fourth-order valence-electron chi connectivity index (χ4n) is 3.69. The van der Waals surface area contributed by atoms with Crippen molar-refractivity contribution < 1.29 is 0 Å². The first-order valence-corrected chi connectivity index (χ1v) is 7.90. The van der Waals surface area contributed by atoms with E-state index in [4.69, 9.17) is 0 Å². The van der Waals surface area contributed by atoms with Gasteiger partial charge in [-0.15, -0.1) is 0 Å². The molecule has 2 heteroatoms. The van der Waals surface area contributed by atoms with E-state index in [1.165, 1.54) is 50.6 Å². The zero-order valence-electron chi connectivity index (χ0n) is 12.0. The molecular weight excluding hydrogens is 232 g/mol. The minimum atomic E-state index is 0.579. The molecule has 104 valence electrons. The lowest BCUT2D eigenvalue weighted by Crippen LogP contribution is -2.40. The van der Waals surface area contributed by atoms with E-state index >= 15 is 0 Å². The number of fused-ring (bicyclic) bond motifs is 1. The molecule has 1 heterocycles. The van der Waals surface area contributed by atoms with Crippen LogP contribution in [0.2, 0.25) is 0 Å². The third-order valence-electron chi connectivity index (χ3n) is 4.67. The Balaban J connectivity index is 1.54. The Bertz CT molecular complexity index is 409. The first-order chi connectivity index (χ1) is 9.33. The van der Waals surface area contributed by atoms with E-state index in [1.807, 2.05) is 0 Å². The second-order valence-corrected chi connectivity index (χ2v) is 6.24. The van der Waals surface area contributed by atoms with E-state index < -0.39 is 0 Å². The Morgan fingerprint density at radius 1 is 1.26 bits per heavy atom. The molecule has 19 heavy (non-hydrogen) atoms. The molecule has 1 aliphatic carbocycles. The largest absolute Gasteiger partial charge is 0.314 e. The molecule has 1 saturated heterocycles. The van der Waals surface area contributed by atoms with Gasteiger partial charge in [-0.2, -0.15) is 0 Å². The Labute approximate surface area is 117 Å². The van der Waals surface area contributed by atoms with Crippen molar-refractivity contribution in [2.45, 2.75) is 63.6 Å². The van der Waals surface area contributed by atoms with Gasteiger partial charge in [0.1, 0.15) is 0 Å². The molecule has 0 radical (unpaired) electrons. The molecule has 0 amide bonds. The summed E-state index contributed by atoms with van der Waals surface area (Å²) in [4.78, 5) is 0. The quantitative estimate of drug-likeness (QED) is 0.866. The molecule has 0 bridgehead atoms. The zero-order chi connectivity index (χ0) is 13.1. The van der Waals surface area contributed by atoms with Gasteiger partial charge in [0.15, 0.2) is 0 Å². The molecule has 0 saturated carbocycles. The van der Waals surface area contributed by atoms with Gasteiger partial charge in [0, 0.05) is 18.1 Å². The Kier molecular flexibility index (Phi) is 4.19. The van der Waals surface area contributed by atoms with Crippen LogP contribution in [0, 0.1) is 0 Å². The number of nitrogens with one attached hydrogen (secondary N) is 2. The van der Waals surface area contributed by atoms with Crippen molar-refractivity contribution in [3.63, 3.8) is 0 Å². The molecule has 3 atom stereocenters. The van der Waals surface area contributed by atoms with Crippen LogP contribution in [0.3, 0.4) is 0 Å². The van der Waals surface area contributed by atoms with Gasteiger partial charge in [0.2, 0.25) is 0 Å². The summed E-state index contributed by atoms with van der Waals surface area (Å²) in [7, 11) is 0. The van der Waals surface area contributed by atoms with Crippen LogP contribution in [0.5, 0.6) is 0 Å². The van der Waals surface area contributed by atoms with Gasteiger partial charge in [-0.25, -0.2) is 0 Å². The van der Waals surface area contributed by atoms with Crippen LogP contribution in [-0.4, -0.2) is 18.6 Å². The predicted molar refractivity (Wildman–Crippen MR) is 80.4 cm³/mol. The van der Waals surface area contributed by atoms with Crippen molar-refractivity contribution >= 4 is 0 Å². The number of hydrogen-bond donors (Lipinski definition) is 2. The number of aryl methyl sites for hydroxylation is 1. The topological polar surface area (TPSA) is 24.1 Å². The molecular formula is C17H26N2. The van der Waals surface area contributed by atoms with Crippen molar-refractivity contribution in [1.82, 2.24) is 10.6 Å². The van der Waals surface area contributed by atoms with Gasteiger partial charge >= 0.3 is 0 Å². The van der Waals surface area contributed by atoms with Crippen molar-refractivity contribution in [1.29, 1.82) is 0 Å². The Morgan fingerprint density at radius 2 is 2.16 bits per heavy atom. The third kappa shape index (κ3) is 3.18. The lowest BCUT2D eigenvalue weighted by atomic mass is 9.98. The van der Waals surface area contributed by atoms with E-state index in [9.17, 15) is 0 Å². The Morgan fingerprint density at radius 3 is 3.00 bits per heavy atom. The second kappa shape index (κ2) is 6.06. The summed E-state index contributed by atoms with van der Waals surface area (Å²) in [6, 6.07) is 10.8. The first-order valence-electron chi connectivity index (χ1n) is 7.90. The summed E-state index contributed by atoms with van der Waals surface area (Å²) < 4.78 is 0. The SMILES string of the molecule is CC(CC1CCCCN1)NC1CCc2ccccc21. The van der Waals surface area contributed by atoms with Crippen LogP contribution in [-0.2, 0) is 6.42 Å². The molecule has 2 N–H and O–H groups in total. The van der Waals surface area contributed by atoms with Gasteiger partial charge < -0.3 is 10.6 Å². The average Bonchev–Trinajstić information content (AvgIpc) is 2.83. The monoisotopic (exact) mass is 258 g/mol. The van der Waals surface area contributed by atoms with Gasteiger partial charge in [0.05, 0.1) is 0 Å². The molecule has 1 fully saturated rings. The molecule has 3 rings (SSSR count). The first kappa shape index (κ1) is 13.1. The van der Waals surface area contributed by atoms with E-state index in [0.717, 1.165) is 6.04 Å². The smallest absolute Gasteiger partial charge is 0.0328 e. The van der Waals surface area contributed by atoms with E-state index in [2.05, 4.69) is 41.8 Å². The highest BCUT2D eigenvalue weighted by molar-refractivity contribution is 5.34. The highest BCUT2D eigenvalue weighted by Gasteiger charge is 2.24. The minimum Gasteiger partial charge on any atom is -0.314 e. The summed E-state index contributed by atoms with van der Waals surface area (Å²) in [5, 5.41) is 7.50. The third-order valence-corrected chi connectivity index (χ3v) is 4.67. The van der Waals surface area contributed by atoms with Crippen molar-refractivity contribution in [2.75, 3.05) is 6.54 Å². The predicted octanol–water partition coefficient (Wildman–Crippen LogP) is 3.18. The summed E-state index contributed by atoms with van der Waals surface area (Å²) in [6.07, 6.45) is 7.88. The van der Waals surface area contributed by atoms with Crippen molar-refractivity contribution in [3.8, 4) is 0 Å². The van der Waals surface area contributed by atoms with Crippen LogP contribution < -0.4 is 10.6 Å². The van der Waals surface area contributed by atoms with Crippen LogP contribution in [0.4, 0.5) is 0 Å². The molecule has 2 aliphatic rings. The summed E-state index contributed by atoms with van der Waals surface area (Å²) in [5.41, 5.74) is 3.08. The molecule has 1 aromatic rings. The fraction of sp³-hybridized carbons (Fsp3) is 0.647. The Hall–Kier alpha value is -0.860. The van der Waals surface area contributed by atoms with Crippen molar-refractivity contribution in [3.05, 3.63) is 35.4 Å². The van der Waals surface area contributed by atoms with Crippen LogP contribution in [0.1, 0.15) is 56.2 Å². The molecule has 0 aromatic heterocycles. The maximum Gasteiger partial charge on any atom is 0.0328 e. The number of piperidine rings is 1. The highest BCUT2D eigenvalue weighted by atomic mass is 15.0. The lowest BCUT2D eigenvalue weighted by Gasteiger charge is -2.28. The summed E-state index contributed by atoms with van der Waals surface area (Å²) in [6.45, 7) is 3.56. The van der Waals surface area contributed by atoms with E-state index in [0.29, 0.717) is 12.1 Å². The van der Waals surface area contributed by atoms with E-state index in [-0.39, 0.29) is 0 Å². The van der Waals surface area contributed by atoms with Gasteiger partial charge in [-0.1, -0.05) is 30.7 Å². The lowest BCUT2D eigenvalue weighted by molar-refractivity contribution is 0.329. The molecule has 0 spiro atoms. The molecule has 2 nitrogen and oxygen atoms in total. The van der Waals surface area contributed by atoms with E-state index in [1.54, 1.807) is 5.56 Å². The van der Waals surface area contributed by atoms with Gasteiger partial charge in [-0.05, 0) is 56.7 Å². The minimum absolute atomic E-state index is 0.579. The maximum atomic E-state index is 3.84. The average molecular weight is 258 g/mol. The van der Waals surface area contributed by atoms with Gasteiger partial charge in [0.25, 0.3) is 0 Å². The number of benzene rings is 1. The standard InChI is InChI=1S/C17H26N2/c1-13(12-15-7-4-5-11-18-15)19-17-10-9-14-6-2-3-8-16(14)17/h2-3,6,8,13,15,17-19H,4-5,7,9-12H2,1H3. The fourth-order valence-corrected chi connectivity index (χ4v) is 3.69.